The molecule has 0 radical (unpaired) electrons. The van der Waals surface area contributed by atoms with E-state index in [2.05, 4.69) is 0 Å². The zero-order chi connectivity index (χ0) is 25.2. The molecule has 1 saturated heterocycles. The van der Waals surface area contributed by atoms with Crippen LogP contribution in [0.3, 0.4) is 0 Å². The standard InChI is InChI=1S/C26H32N2O6/c1-15-8-9-16(2)18(12-15)23(29)21-22(28(11-10-27(3)4)26(31)24(21)30)17-13-19(32-5)25(34-7)20(14-17)33-6/h8-9,12-14,22,29H,10-11H2,1-7H3. The molecule has 182 valence electrons. The lowest BCUT2D eigenvalue weighted by Gasteiger charge is -2.27. The molecule has 34 heavy (non-hydrogen) atoms. The average molecular weight is 469 g/mol. The number of hydrogen-bond donors (Lipinski definition) is 1. The number of Topliss-reactive ketones (excluding diaryl/α,β-unsaturated/α-hetero) is 1. The fraction of sp³-hybridized carbons (Fsp3) is 0.385. The second-order valence-corrected chi connectivity index (χ2v) is 8.57. The van der Waals surface area contributed by atoms with Crippen molar-refractivity contribution >= 4 is 17.4 Å². The molecule has 1 aliphatic rings. The van der Waals surface area contributed by atoms with E-state index < -0.39 is 17.7 Å². The quantitative estimate of drug-likeness (QED) is 0.361. The molecule has 3 rings (SSSR count). The third-order valence-electron chi connectivity index (χ3n) is 5.98. The Bertz CT molecular complexity index is 1110. The van der Waals surface area contributed by atoms with Gasteiger partial charge in [0.1, 0.15) is 5.76 Å². The lowest BCUT2D eigenvalue weighted by Crippen LogP contribution is -2.35. The summed E-state index contributed by atoms with van der Waals surface area (Å²) in [5.41, 5.74) is 2.85. The number of ether oxygens (including phenoxy) is 3. The molecular weight excluding hydrogens is 436 g/mol. The number of ketones is 1. The highest BCUT2D eigenvalue weighted by Gasteiger charge is 2.46. The van der Waals surface area contributed by atoms with Crippen LogP contribution in [0.2, 0.25) is 0 Å². The molecule has 0 aliphatic carbocycles. The maximum Gasteiger partial charge on any atom is 0.295 e. The van der Waals surface area contributed by atoms with Gasteiger partial charge in [-0.25, -0.2) is 0 Å². The molecule has 1 atom stereocenters. The van der Waals surface area contributed by atoms with Gasteiger partial charge >= 0.3 is 0 Å². The summed E-state index contributed by atoms with van der Waals surface area (Å²) in [6.45, 7) is 4.59. The van der Waals surface area contributed by atoms with Gasteiger partial charge in [-0.15, -0.1) is 0 Å². The van der Waals surface area contributed by atoms with Crippen molar-refractivity contribution in [2.75, 3.05) is 48.5 Å². The topological polar surface area (TPSA) is 88.5 Å². The second kappa shape index (κ2) is 10.2. The van der Waals surface area contributed by atoms with Crippen molar-refractivity contribution < 1.29 is 28.9 Å². The summed E-state index contributed by atoms with van der Waals surface area (Å²) in [7, 11) is 8.28. The number of aliphatic hydroxyl groups excluding tert-OH is 1. The Morgan fingerprint density at radius 1 is 1.00 bits per heavy atom. The fourth-order valence-corrected chi connectivity index (χ4v) is 4.16. The zero-order valence-corrected chi connectivity index (χ0v) is 20.8. The van der Waals surface area contributed by atoms with Crippen molar-refractivity contribution in [1.29, 1.82) is 0 Å². The lowest BCUT2D eigenvalue weighted by molar-refractivity contribution is -0.140. The molecule has 0 aromatic heterocycles. The number of rotatable bonds is 8. The number of carbonyl (C=O) groups is 2. The molecule has 0 saturated carbocycles. The minimum atomic E-state index is -0.825. The summed E-state index contributed by atoms with van der Waals surface area (Å²) in [5.74, 6) is -0.411. The SMILES string of the molecule is COc1cc(C2C(=C(O)c3cc(C)ccc3C)C(=O)C(=O)N2CCN(C)C)cc(OC)c1OC. The second-order valence-electron chi connectivity index (χ2n) is 8.57. The molecule has 1 heterocycles. The Balaban J connectivity index is 2.30. The number of nitrogens with zero attached hydrogens (tertiary/aromatic N) is 2. The number of likely N-dealkylation sites (N-methyl/N-ethyl adjacent to an activating group) is 1. The smallest absolute Gasteiger partial charge is 0.295 e. The van der Waals surface area contributed by atoms with Crippen LogP contribution >= 0.6 is 0 Å². The molecule has 8 nitrogen and oxygen atoms in total. The van der Waals surface area contributed by atoms with Gasteiger partial charge in [0.15, 0.2) is 11.5 Å². The van der Waals surface area contributed by atoms with Crippen LogP contribution in [0.15, 0.2) is 35.9 Å². The molecule has 1 fully saturated rings. The van der Waals surface area contributed by atoms with E-state index in [0.29, 0.717) is 41.5 Å². The minimum absolute atomic E-state index is 0.0340. The van der Waals surface area contributed by atoms with Gasteiger partial charge in [0.25, 0.3) is 11.7 Å². The Kier molecular flexibility index (Phi) is 7.51. The largest absolute Gasteiger partial charge is 0.507 e. The number of aliphatic hydroxyl groups is 1. The molecule has 0 bridgehead atoms. The molecule has 1 unspecified atom stereocenters. The van der Waals surface area contributed by atoms with Crippen LogP contribution in [0.4, 0.5) is 0 Å². The molecule has 2 aromatic rings. The first-order valence-corrected chi connectivity index (χ1v) is 10.9. The fourth-order valence-electron chi connectivity index (χ4n) is 4.16. The molecule has 2 aromatic carbocycles. The predicted octanol–water partition coefficient (Wildman–Crippen LogP) is 3.31. The highest BCUT2D eigenvalue weighted by Crippen LogP contribution is 2.45. The van der Waals surface area contributed by atoms with Crippen molar-refractivity contribution in [1.82, 2.24) is 9.80 Å². The van der Waals surface area contributed by atoms with Gasteiger partial charge in [-0.2, -0.15) is 0 Å². The molecular formula is C26H32N2O6. The summed E-state index contributed by atoms with van der Waals surface area (Å²) < 4.78 is 16.4. The van der Waals surface area contributed by atoms with Crippen molar-refractivity contribution in [2.45, 2.75) is 19.9 Å². The van der Waals surface area contributed by atoms with Gasteiger partial charge in [-0.3, -0.25) is 9.59 Å². The molecule has 1 aliphatic heterocycles. The number of carbonyl (C=O) groups excluding carboxylic acids is 2. The summed E-state index contributed by atoms with van der Waals surface area (Å²) >= 11 is 0. The highest BCUT2D eigenvalue weighted by molar-refractivity contribution is 6.46. The van der Waals surface area contributed by atoms with Crippen LogP contribution in [0, 0.1) is 13.8 Å². The first-order chi connectivity index (χ1) is 16.1. The first kappa shape index (κ1) is 25.1. The Labute approximate surface area is 200 Å². The van der Waals surface area contributed by atoms with Gasteiger partial charge in [-0.1, -0.05) is 17.7 Å². The number of benzene rings is 2. The van der Waals surface area contributed by atoms with E-state index in [1.54, 1.807) is 12.1 Å². The Morgan fingerprint density at radius 3 is 2.15 bits per heavy atom. The number of aryl methyl sites for hydroxylation is 2. The van der Waals surface area contributed by atoms with E-state index in [1.807, 2.05) is 51.0 Å². The van der Waals surface area contributed by atoms with Gasteiger partial charge < -0.3 is 29.1 Å². The summed E-state index contributed by atoms with van der Waals surface area (Å²) in [4.78, 5) is 29.8. The van der Waals surface area contributed by atoms with Crippen LogP contribution in [-0.2, 0) is 9.59 Å². The van der Waals surface area contributed by atoms with E-state index in [-0.39, 0.29) is 11.3 Å². The summed E-state index contributed by atoms with van der Waals surface area (Å²) in [6, 6.07) is 8.20. The third-order valence-corrected chi connectivity index (χ3v) is 5.98. The number of hydrogen-bond acceptors (Lipinski definition) is 7. The molecule has 8 heteroatoms. The van der Waals surface area contributed by atoms with Gasteiger partial charge in [0, 0.05) is 18.7 Å². The Morgan fingerprint density at radius 2 is 1.62 bits per heavy atom. The van der Waals surface area contributed by atoms with Gasteiger partial charge in [-0.05, 0) is 57.3 Å². The van der Waals surface area contributed by atoms with E-state index in [4.69, 9.17) is 14.2 Å². The van der Waals surface area contributed by atoms with E-state index in [1.165, 1.54) is 26.2 Å². The van der Waals surface area contributed by atoms with Crippen molar-refractivity contribution in [3.05, 3.63) is 58.2 Å². The van der Waals surface area contributed by atoms with Gasteiger partial charge in [0.05, 0.1) is 32.9 Å². The maximum atomic E-state index is 13.3. The van der Waals surface area contributed by atoms with Crippen molar-refractivity contribution in [3.8, 4) is 17.2 Å². The van der Waals surface area contributed by atoms with Crippen LogP contribution in [-0.4, -0.2) is 75.1 Å². The number of methoxy groups -OCH3 is 3. The molecule has 0 spiro atoms. The molecule has 1 amide bonds. The van der Waals surface area contributed by atoms with E-state index >= 15 is 0 Å². The van der Waals surface area contributed by atoms with Crippen molar-refractivity contribution in [3.63, 3.8) is 0 Å². The van der Waals surface area contributed by atoms with Crippen LogP contribution in [0.5, 0.6) is 17.2 Å². The predicted molar refractivity (Wildman–Crippen MR) is 130 cm³/mol. The molecule has 1 N–H and O–H groups in total. The number of likely N-dealkylation sites (tertiary alicyclic amines) is 1. The average Bonchev–Trinajstić information content (AvgIpc) is 3.07. The van der Waals surface area contributed by atoms with Crippen LogP contribution in [0.1, 0.15) is 28.3 Å². The summed E-state index contributed by atoms with van der Waals surface area (Å²) in [6.07, 6.45) is 0. The maximum absolute atomic E-state index is 13.3. The van der Waals surface area contributed by atoms with Crippen molar-refractivity contribution in [2.24, 2.45) is 0 Å². The Hall–Kier alpha value is -3.52. The zero-order valence-electron chi connectivity index (χ0n) is 20.8. The monoisotopic (exact) mass is 468 g/mol. The minimum Gasteiger partial charge on any atom is -0.507 e. The summed E-state index contributed by atoms with van der Waals surface area (Å²) in [5, 5.41) is 11.4. The van der Waals surface area contributed by atoms with Crippen LogP contribution < -0.4 is 14.2 Å². The highest BCUT2D eigenvalue weighted by atomic mass is 16.5. The number of amides is 1. The third kappa shape index (κ3) is 4.59. The van der Waals surface area contributed by atoms with Gasteiger partial charge in [0.2, 0.25) is 5.75 Å². The van der Waals surface area contributed by atoms with E-state index in [0.717, 1.165) is 11.1 Å². The van der Waals surface area contributed by atoms with Crippen LogP contribution in [0.25, 0.3) is 5.76 Å². The first-order valence-electron chi connectivity index (χ1n) is 10.9. The lowest BCUT2D eigenvalue weighted by atomic mass is 9.93. The normalized spacial score (nSPS) is 17.4. The van der Waals surface area contributed by atoms with E-state index in [9.17, 15) is 14.7 Å².